The van der Waals surface area contributed by atoms with Crippen molar-refractivity contribution in [3.05, 3.63) is 42.7 Å². The highest BCUT2D eigenvalue weighted by Gasteiger charge is 2.01. The molecule has 0 aromatic carbocycles. The molecule has 0 unspecified atom stereocenters. The smallest absolute Gasteiger partial charge is 0.306 e. The molecule has 0 aliphatic carbocycles. The molecule has 1 heterocycles. The first-order valence-electron chi connectivity index (χ1n) is 4.48. The van der Waals surface area contributed by atoms with Crippen LogP contribution in [0.2, 0.25) is 0 Å². The van der Waals surface area contributed by atoms with Crippen LogP contribution in [0.15, 0.2) is 37.2 Å². The van der Waals surface area contributed by atoms with Gasteiger partial charge in [-0.15, -0.1) is 0 Å². The Kier molecular flexibility index (Phi) is 4.41. The zero-order valence-corrected chi connectivity index (χ0v) is 7.98. The molecule has 74 valence electrons. The van der Waals surface area contributed by atoms with E-state index in [9.17, 15) is 4.79 Å². The minimum absolute atomic E-state index is 0.200. The topological polar surface area (TPSA) is 39.2 Å². The fraction of sp³-hybridized carbons (Fsp3) is 0.273. The van der Waals surface area contributed by atoms with Crippen molar-refractivity contribution in [3.63, 3.8) is 0 Å². The van der Waals surface area contributed by atoms with Crippen LogP contribution in [0.1, 0.15) is 12.0 Å². The normalized spacial score (nSPS) is 9.43. The van der Waals surface area contributed by atoms with Crippen molar-refractivity contribution in [2.24, 2.45) is 0 Å². The number of rotatable bonds is 5. The molecule has 0 aliphatic rings. The van der Waals surface area contributed by atoms with Gasteiger partial charge in [-0.05, 0) is 18.1 Å². The highest BCUT2D eigenvalue weighted by Crippen LogP contribution is 2.01. The summed E-state index contributed by atoms with van der Waals surface area (Å²) in [6.45, 7) is 3.75. The van der Waals surface area contributed by atoms with Crippen LogP contribution in [0.5, 0.6) is 0 Å². The van der Waals surface area contributed by atoms with Gasteiger partial charge in [-0.1, -0.05) is 18.7 Å². The van der Waals surface area contributed by atoms with E-state index in [0.29, 0.717) is 12.8 Å². The molecule has 14 heavy (non-hydrogen) atoms. The van der Waals surface area contributed by atoms with Crippen molar-refractivity contribution in [3.8, 4) is 0 Å². The summed E-state index contributed by atoms with van der Waals surface area (Å²) < 4.78 is 4.84. The first kappa shape index (κ1) is 10.4. The number of hydrogen-bond donors (Lipinski definition) is 0. The van der Waals surface area contributed by atoms with Gasteiger partial charge in [-0.25, -0.2) is 0 Å². The van der Waals surface area contributed by atoms with Gasteiger partial charge in [0.2, 0.25) is 0 Å². The third-order valence-corrected chi connectivity index (χ3v) is 1.70. The minimum atomic E-state index is -0.200. The molecule has 0 bridgehead atoms. The molecule has 0 spiro atoms. The summed E-state index contributed by atoms with van der Waals surface area (Å²) in [7, 11) is 0. The van der Waals surface area contributed by atoms with E-state index in [1.165, 1.54) is 0 Å². The average molecular weight is 191 g/mol. The molecule has 1 rings (SSSR count). The number of aromatic nitrogens is 1. The van der Waals surface area contributed by atoms with Gasteiger partial charge >= 0.3 is 5.97 Å². The van der Waals surface area contributed by atoms with E-state index >= 15 is 0 Å². The molecule has 1 aromatic heterocycles. The van der Waals surface area contributed by atoms with Crippen LogP contribution in [-0.2, 0) is 16.0 Å². The molecular weight excluding hydrogens is 178 g/mol. The first-order chi connectivity index (χ1) is 6.83. The van der Waals surface area contributed by atoms with Crippen LogP contribution in [-0.4, -0.2) is 17.6 Å². The quantitative estimate of drug-likeness (QED) is 0.525. The number of esters is 1. The summed E-state index contributed by atoms with van der Waals surface area (Å²) >= 11 is 0. The molecule has 0 atom stereocenters. The Hall–Kier alpha value is -1.64. The lowest BCUT2D eigenvalue weighted by Gasteiger charge is -2.01. The van der Waals surface area contributed by atoms with Gasteiger partial charge in [0.25, 0.3) is 0 Å². The van der Waals surface area contributed by atoms with Crippen LogP contribution < -0.4 is 0 Å². The van der Waals surface area contributed by atoms with Crippen LogP contribution in [0.3, 0.4) is 0 Å². The zero-order valence-electron chi connectivity index (χ0n) is 7.98. The summed E-state index contributed by atoms with van der Waals surface area (Å²) in [6, 6.07) is 3.79. The molecule has 0 N–H and O–H groups in total. The Morgan fingerprint density at radius 1 is 1.64 bits per heavy atom. The molecule has 1 aromatic rings. The molecule has 0 aliphatic heterocycles. The summed E-state index contributed by atoms with van der Waals surface area (Å²) in [5.74, 6) is -0.200. The molecule has 3 heteroatoms. The zero-order chi connectivity index (χ0) is 10.2. The third kappa shape index (κ3) is 3.85. The van der Waals surface area contributed by atoms with Gasteiger partial charge in [0.05, 0.1) is 0 Å². The van der Waals surface area contributed by atoms with Gasteiger partial charge in [-0.3, -0.25) is 9.78 Å². The molecule has 0 radical (unpaired) electrons. The predicted molar refractivity (Wildman–Crippen MR) is 53.7 cm³/mol. The Balaban J connectivity index is 2.27. The lowest BCUT2D eigenvalue weighted by molar-refractivity contribution is -0.142. The number of carbonyl (C=O) groups excluding carboxylic acids is 1. The first-order valence-corrected chi connectivity index (χ1v) is 4.48. The van der Waals surface area contributed by atoms with Gasteiger partial charge in [0.15, 0.2) is 0 Å². The standard InChI is InChI=1S/C11H13NO2/c1-2-8-14-11(13)6-5-10-4-3-7-12-9-10/h2-4,7,9H,1,5-6,8H2. The van der Waals surface area contributed by atoms with Crippen molar-refractivity contribution in [1.82, 2.24) is 4.98 Å². The highest BCUT2D eigenvalue weighted by molar-refractivity contribution is 5.69. The highest BCUT2D eigenvalue weighted by atomic mass is 16.5. The summed E-state index contributed by atoms with van der Waals surface area (Å²) in [5, 5.41) is 0. The van der Waals surface area contributed by atoms with E-state index in [-0.39, 0.29) is 12.6 Å². The maximum Gasteiger partial charge on any atom is 0.306 e. The Bertz CT molecular complexity index is 295. The Labute approximate surface area is 83.4 Å². The van der Waals surface area contributed by atoms with Gasteiger partial charge < -0.3 is 4.74 Å². The van der Waals surface area contributed by atoms with Crippen LogP contribution >= 0.6 is 0 Å². The number of pyridine rings is 1. The van der Waals surface area contributed by atoms with Crippen molar-refractivity contribution >= 4 is 5.97 Å². The Morgan fingerprint density at radius 3 is 3.14 bits per heavy atom. The van der Waals surface area contributed by atoms with E-state index < -0.39 is 0 Å². The van der Waals surface area contributed by atoms with Gasteiger partial charge in [0, 0.05) is 18.8 Å². The van der Waals surface area contributed by atoms with Crippen LogP contribution in [0.4, 0.5) is 0 Å². The van der Waals surface area contributed by atoms with E-state index in [1.54, 1.807) is 18.5 Å². The monoisotopic (exact) mass is 191 g/mol. The predicted octanol–water partition coefficient (Wildman–Crippen LogP) is 1.74. The van der Waals surface area contributed by atoms with Crippen LogP contribution in [0, 0.1) is 0 Å². The lowest BCUT2D eigenvalue weighted by atomic mass is 10.2. The fourth-order valence-electron chi connectivity index (χ4n) is 1.02. The number of carbonyl (C=O) groups is 1. The fourth-order valence-corrected chi connectivity index (χ4v) is 1.02. The molecule has 0 fully saturated rings. The number of nitrogens with zero attached hydrogens (tertiary/aromatic N) is 1. The molecule has 3 nitrogen and oxygen atoms in total. The van der Waals surface area contributed by atoms with E-state index in [0.717, 1.165) is 5.56 Å². The summed E-state index contributed by atoms with van der Waals surface area (Å²) in [5.41, 5.74) is 1.04. The van der Waals surface area contributed by atoms with E-state index in [1.807, 2.05) is 12.1 Å². The van der Waals surface area contributed by atoms with E-state index in [2.05, 4.69) is 11.6 Å². The maximum absolute atomic E-state index is 11.1. The Morgan fingerprint density at radius 2 is 2.50 bits per heavy atom. The molecule has 0 amide bonds. The second-order valence-electron chi connectivity index (χ2n) is 2.83. The average Bonchev–Trinajstić information content (AvgIpc) is 2.25. The summed E-state index contributed by atoms with van der Waals surface area (Å²) in [4.78, 5) is 15.0. The summed E-state index contributed by atoms with van der Waals surface area (Å²) in [6.07, 6.45) is 6.08. The van der Waals surface area contributed by atoms with Crippen LogP contribution in [0.25, 0.3) is 0 Å². The van der Waals surface area contributed by atoms with Crippen molar-refractivity contribution in [1.29, 1.82) is 0 Å². The number of aryl methyl sites for hydroxylation is 1. The molecule has 0 saturated carbocycles. The third-order valence-electron chi connectivity index (χ3n) is 1.70. The minimum Gasteiger partial charge on any atom is -0.461 e. The molecule has 0 saturated heterocycles. The van der Waals surface area contributed by atoms with Crippen molar-refractivity contribution < 1.29 is 9.53 Å². The second kappa shape index (κ2) is 5.91. The van der Waals surface area contributed by atoms with E-state index in [4.69, 9.17) is 4.74 Å². The van der Waals surface area contributed by atoms with Crippen molar-refractivity contribution in [2.45, 2.75) is 12.8 Å². The lowest BCUT2D eigenvalue weighted by Crippen LogP contribution is -2.05. The maximum atomic E-state index is 11.1. The molecular formula is C11H13NO2. The van der Waals surface area contributed by atoms with Crippen molar-refractivity contribution in [2.75, 3.05) is 6.61 Å². The number of ether oxygens (including phenoxy) is 1. The van der Waals surface area contributed by atoms with Gasteiger partial charge in [-0.2, -0.15) is 0 Å². The second-order valence-corrected chi connectivity index (χ2v) is 2.83. The van der Waals surface area contributed by atoms with Gasteiger partial charge in [0.1, 0.15) is 6.61 Å². The largest absolute Gasteiger partial charge is 0.461 e. The number of hydrogen-bond acceptors (Lipinski definition) is 3. The SMILES string of the molecule is C=CCOC(=O)CCc1cccnc1.